The van der Waals surface area contributed by atoms with Crippen molar-refractivity contribution in [2.24, 2.45) is 5.73 Å². The molecule has 0 aliphatic heterocycles. The van der Waals surface area contributed by atoms with Gasteiger partial charge in [0.15, 0.2) is 11.0 Å². The molecule has 2 heterocycles. The number of rotatable bonds is 11. The lowest BCUT2D eigenvalue weighted by Crippen LogP contribution is -2.16. The van der Waals surface area contributed by atoms with Gasteiger partial charge in [-0.3, -0.25) is 14.2 Å². The molecular weight excluding hydrogens is 526 g/mol. The molecule has 0 bridgehead atoms. The molecule has 0 aliphatic rings. The number of nitrogens with two attached hydrogens (primary N) is 1. The Bertz CT molecular complexity index is 1320. The van der Waals surface area contributed by atoms with E-state index < -0.39 is 17.8 Å². The number of carbonyl (C=O) groups excluding carboxylic acids is 3. The van der Waals surface area contributed by atoms with E-state index in [1.807, 2.05) is 6.92 Å². The summed E-state index contributed by atoms with van der Waals surface area (Å²) in [7, 11) is 1.22. The molecule has 3 aromatic rings. The van der Waals surface area contributed by atoms with Crippen molar-refractivity contribution < 1.29 is 23.9 Å². The van der Waals surface area contributed by atoms with Gasteiger partial charge in [0.25, 0.3) is 5.91 Å². The van der Waals surface area contributed by atoms with Crippen molar-refractivity contribution in [1.29, 1.82) is 0 Å². The number of benzene rings is 1. The Labute approximate surface area is 220 Å². The first-order valence-electron chi connectivity index (χ1n) is 10.5. The number of aromatic nitrogens is 3. The molecule has 1 aromatic carbocycles. The zero-order valence-electron chi connectivity index (χ0n) is 19.8. The summed E-state index contributed by atoms with van der Waals surface area (Å²) in [5.74, 6) is -0.589. The standard InChI is InChI=1S/C23H24ClN5O5S2/c1-5-8-29-16(10-34-15-7-6-14(24)9-12(15)2)27-28-23(29)35-11-17(30)26-21-18(22(32)33-4)13(3)19(36-21)20(25)31/h5-7,9H,1,8,10-11H2,2-4H3,(H2,25,31)(H,26,30). The van der Waals surface area contributed by atoms with E-state index >= 15 is 0 Å². The van der Waals surface area contributed by atoms with Gasteiger partial charge in [-0.15, -0.1) is 28.1 Å². The summed E-state index contributed by atoms with van der Waals surface area (Å²) in [5.41, 5.74) is 6.73. The number of anilines is 1. The highest BCUT2D eigenvalue weighted by molar-refractivity contribution is 7.99. The number of nitrogens with zero attached hydrogens (tertiary/aromatic N) is 3. The number of thioether (sulfide) groups is 1. The first-order valence-corrected chi connectivity index (χ1v) is 12.7. The van der Waals surface area contributed by atoms with E-state index in [0.29, 0.717) is 33.9 Å². The Kier molecular flexibility index (Phi) is 9.13. The predicted molar refractivity (Wildman–Crippen MR) is 139 cm³/mol. The number of amides is 2. The SMILES string of the molecule is C=CCn1c(COc2ccc(Cl)cc2C)nnc1SCC(=O)Nc1sc(C(N)=O)c(C)c1C(=O)OC. The summed E-state index contributed by atoms with van der Waals surface area (Å²) in [5, 5.41) is 12.3. The Hall–Kier alpha value is -3.35. The van der Waals surface area contributed by atoms with Gasteiger partial charge in [-0.25, -0.2) is 4.79 Å². The minimum Gasteiger partial charge on any atom is -0.485 e. The molecule has 0 aliphatic carbocycles. The second kappa shape index (κ2) is 12.1. The quantitative estimate of drug-likeness (QED) is 0.208. The molecule has 3 rings (SSSR count). The molecule has 2 amide bonds. The Morgan fingerprint density at radius 1 is 1.31 bits per heavy atom. The Morgan fingerprint density at radius 2 is 2.06 bits per heavy atom. The third-order valence-corrected chi connectivity index (χ3v) is 7.37. The van der Waals surface area contributed by atoms with Crippen molar-refractivity contribution >= 4 is 57.5 Å². The monoisotopic (exact) mass is 549 g/mol. The van der Waals surface area contributed by atoms with Crippen LogP contribution < -0.4 is 15.8 Å². The number of methoxy groups -OCH3 is 1. The average Bonchev–Trinajstić information content (AvgIpc) is 3.37. The van der Waals surface area contributed by atoms with Crippen LogP contribution in [0.5, 0.6) is 5.75 Å². The molecule has 10 nitrogen and oxygen atoms in total. The fraction of sp³-hybridized carbons (Fsp3) is 0.261. The largest absolute Gasteiger partial charge is 0.485 e. The molecule has 0 saturated heterocycles. The smallest absolute Gasteiger partial charge is 0.341 e. The molecule has 0 atom stereocenters. The summed E-state index contributed by atoms with van der Waals surface area (Å²) in [6.45, 7) is 7.80. The van der Waals surface area contributed by atoms with Crippen LogP contribution >= 0.6 is 34.7 Å². The lowest BCUT2D eigenvalue weighted by molar-refractivity contribution is -0.113. The number of halogens is 1. The molecule has 0 unspecified atom stereocenters. The van der Waals surface area contributed by atoms with Crippen molar-refractivity contribution in [1.82, 2.24) is 14.8 Å². The zero-order valence-corrected chi connectivity index (χ0v) is 22.2. The number of primary amides is 1. The van der Waals surface area contributed by atoms with E-state index in [9.17, 15) is 14.4 Å². The first-order chi connectivity index (χ1) is 17.2. The van der Waals surface area contributed by atoms with Crippen LogP contribution in [0, 0.1) is 13.8 Å². The molecule has 2 aromatic heterocycles. The number of ether oxygens (including phenoxy) is 2. The van der Waals surface area contributed by atoms with E-state index in [0.717, 1.165) is 28.7 Å². The van der Waals surface area contributed by atoms with E-state index in [1.165, 1.54) is 7.11 Å². The number of nitrogens with one attached hydrogen (secondary N) is 1. The van der Waals surface area contributed by atoms with Crippen LogP contribution in [0.15, 0.2) is 36.0 Å². The Morgan fingerprint density at radius 3 is 2.69 bits per heavy atom. The molecule has 0 spiro atoms. The maximum Gasteiger partial charge on any atom is 0.341 e. The maximum absolute atomic E-state index is 12.7. The molecule has 0 fully saturated rings. The Balaban J connectivity index is 1.71. The number of hydrogen-bond acceptors (Lipinski definition) is 9. The topological polar surface area (TPSA) is 138 Å². The fourth-order valence-corrected chi connectivity index (χ4v) is 5.30. The highest BCUT2D eigenvalue weighted by atomic mass is 35.5. The van der Waals surface area contributed by atoms with Crippen LogP contribution in [-0.2, 0) is 22.7 Å². The van der Waals surface area contributed by atoms with Gasteiger partial charge in [0, 0.05) is 11.6 Å². The lowest BCUT2D eigenvalue weighted by Gasteiger charge is -2.11. The second-order valence-corrected chi connectivity index (χ2v) is 9.85. The number of aryl methyl sites for hydroxylation is 1. The molecule has 0 saturated carbocycles. The van der Waals surface area contributed by atoms with Crippen molar-refractivity contribution in [2.75, 3.05) is 18.2 Å². The van der Waals surface area contributed by atoms with Gasteiger partial charge < -0.3 is 20.5 Å². The van der Waals surface area contributed by atoms with Crippen molar-refractivity contribution in [3.63, 3.8) is 0 Å². The van der Waals surface area contributed by atoms with Gasteiger partial charge in [-0.1, -0.05) is 29.4 Å². The number of hydrogen-bond donors (Lipinski definition) is 2. The second-order valence-electron chi connectivity index (χ2n) is 7.45. The van der Waals surface area contributed by atoms with Gasteiger partial charge in [0.1, 0.15) is 17.4 Å². The highest BCUT2D eigenvalue weighted by Crippen LogP contribution is 2.33. The van der Waals surface area contributed by atoms with Crippen molar-refractivity contribution in [3.8, 4) is 5.75 Å². The predicted octanol–water partition coefficient (Wildman–Crippen LogP) is 3.99. The number of carbonyl (C=O) groups is 3. The van der Waals surface area contributed by atoms with Crippen LogP contribution in [0.25, 0.3) is 0 Å². The van der Waals surface area contributed by atoms with Crippen molar-refractivity contribution in [3.05, 3.63) is 63.3 Å². The first kappa shape index (κ1) is 27.2. The van der Waals surface area contributed by atoms with E-state index in [1.54, 1.807) is 35.8 Å². The number of allylic oxidation sites excluding steroid dienone is 1. The third kappa shape index (κ3) is 6.25. The summed E-state index contributed by atoms with van der Waals surface area (Å²) < 4.78 is 12.4. The summed E-state index contributed by atoms with van der Waals surface area (Å²) in [4.78, 5) is 36.7. The minimum absolute atomic E-state index is 0.0319. The van der Waals surface area contributed by atoms with Gasteiger partial charge in [0.05, 0.1) is 23.3 Å². The molecule has 36 heavy (non-hydrogen) atoms. The third-order valence-electron chi connectivity index (χ3n) is 4.94. The zero-order chi connectivity index (χ0) is 26.4. The fourth-order valence-electron chi connectivity index (χ4n) is 3.24. The van der Waals surface area contributed by atoms with Gasteiger partial charge in [0.2, 0.25) is 5.91 Å². The van der Waals surface area contributed by atoms with E-state index in [4.69, 9.17) is 26.8 Å². The summed E-state index contributed by atoms with van der Waals surface area (Å²) in [6, 6.07) is 5.33. The van der Waals surface area contributed by atoms with Gasteiger partial charge in [-0.2, -0.15) is 0 Å². The number of esters is 1. The molecule has 13 heteroatoms. The molecule has 3 N–H and O–H groups in total. The van der Waals surface area contributed by atoms with Crippen LogP contribution in [-0.4, -0.2) is 45.4 Å². The normalized spacial score (nSPS) is 10.7. The van der Waals surface area contributed by atoms with Crippen molar-refractivity contribution in [2.45, 2.75) is 32.2 Å². The van der Waals surface area contributed by atoms with Crippen LogP contribution in [0.1, 0.15) is 37.0 Å². The molecule has 0 radical (unpaired) electrons. The van der Waals surface area contributed by atoms with Crippen LogP contribution in [0.4, 0.5) is 5.00 Å². The van der Waals surface area contributed by atoms with Gasteiger partial charge >= 0.3 is 5.97 Å². The van der Waals surface area contributed by atoms with Crippen LogP contribution in [0.2, 0.25) is 5.02 Å². The number of thiophene rings is 1. The van der Waals surface area contributed by atoms with Crippen LogP contribution in [0.3, 0.4) is 0 Å². The highest BCUT2D eigenvalue weighted by Gasteiger charge is 2.25. The summed E-state index contributed by atoms with van der Waals surface area (Å²) in [6.07, 6.45) is 1.69. The molecule has 190 valence electrons. The van der Waals surface area contributed by atoms with Gasteiger partial charge in [-0.05, 0) is 43.2 Å². The molecular formula is C23H24ClN5O5S2. The van der Waals surface area contributed by atoms with E-state index in [2.05, 4.69) is 22.1 Å². The minimum atomic E-state index is -0.696. The maximum atomic E-state index is 12.7. The van der Waals surface area contributed by atoms with E-state index in [-0.39, 0.29) is 27.8 Å². The lowest BCUT2D eigenvalue weighted by atomic mass is 10.1. The average molecular weight is 550 g/mol. The summed E-state index contributed by atoms with van der Waals surface area (Å²) >= 11 is 8.07.